The molecule has 8 heteroatoms. The summed E-state index contributed by atoms with van der Waals surface area (Å²) in [5.41, 5.74) is 0. The molecule has 0 saturated heterocycles. The Hall–Kier alpha value is -2.19. The van der Waals surface area contributed by atoms with Gasteiger partial charge < -0.3 is 23.8 Å². The van der Waals surface area contributed by atoms with E-state index in [0.29, 0.717) is 19.3 Å². The summed E-state index contributed by atoms with van der Waals surface area (Å²) in [5.74, 6) is -1.47. The number of carbonyl (C=O) groups is 3. The van der Waals surface area contributed by atoms with Gasteiger partial charge in [0.05, 0.1) is 34.4 Å². The van der Waals surface area contributed by atoms with Crippen LogP contribution in [-0.2, 0) is 28.6 Å². The van der Waals surface area contributed by atoms with Crippen molar-refractivity contribution in [2.75, 3.05) is 41.0 Å². The molecule has 0 aromatic rings. The lowest BCUT2D eigenvalue weighted by atomic mass is 10.1. The average molecular weight is 849 g/mol. The van der Waals surface area contributed by atoms with Gasteiger partial charge in [0.25, 0.3) is 0 Å². The molecular weight excluding hydrogens is 751 g/mol. The number of carboxylic acid groups (broad SMARTS) is 1. The van der Waals surface area contributed by atoms with Crippen molar-refractivity contribution in [3.63, 3.8) is 0 Å². The number of nitrogens with zero attached hydrogens (tertiary/aromatic N) is 1. The number of quaternary nitrogens is 1. The van der Waals surface area contributed by atoms with Gasteiger partial charge >= 0.3 is 17.9 Å². The van der Waals surface area contributed by atoms with Crippen LogP contribution >= 0.6 is 0 Å². The highest BCUT2D eigenvalue weighted by atomic mass is 16.6. The second kappa shape index (κ2) is 43.5. The van der Waals surface area contributed by atoms with Gasteiger partial charge in [0.15, 0.2) is 12.1 Å². The van der Waals surface area contributed by atoms with Gasteiger partial charge in [0.2, 0.25) is 0 Å². The van der Waals surface area contributed by atoms with Crippen LogP contribution in [0.15, 0.2) is 24.3 Å². The zero-order valence-electron chi connectivity index (χ0n) is 40.2. The summed E-state index contributed by atoms with van der Waals surface area (Å²) in [6, 6.07) is -0.615. The molecule has 0 bridgehead atoms. The Morgan fingerprint density at radius 3 is 1.20 bits per heavy atom. The molecule has 0 fully saturated rings. The Kier molecular flexibility index (Phi) is 41.9. The number of unbranched alkanes of at least 4 members (excludes halogenated alkanes) is 28. The number of esters is 2. The van der Waals surface area contributed by atoms with Gasteiger partial charge in [-0.05, 0) is 64.2 Å². The Bertz CT molecular complexity index is 1040. The van der Waals surface area contributed by atoms with Gasteiger partial charge in [-0.25, -0.2) is 4.79 Å². The first kappa shape index (κ1) is 57.8. The smallest absolute Gasteiger partial charge is 0.362 e. The fourth-order valence-electron chi connectivity index (χ4n) is 7.61. The Labute approximate surface area is 371 Å². The molecule has 2 unspecified atom stereocenters. The van der Waals surface area contributed by atoms with Crippen LogP contribution in [0.3, 0.4) is 0 Å². The van der Waals surface area contributed by atoms with E-state index in [1.54, 1.807) is 0 Å². The zero-order chi connectivity index (χ0) is 44.2. The molecule has 0 spiro atoms. The fraction of sp³-hybridized carbons (Fsp3) is 0.865. The maximum absolute atomic E-state index is 12.8. The van der Waals surface area contributed by atoms with Crippen LogP contribution in [0.4, 0.5) is 0 Å². The van der Waals surface area contributed by atoms with Crippen LogP contribution in [0.5, 0.6) is 0 Å². The molecule has 60 heavy (non-hydrogen) atoms. The summed E-state index contributed by atoms with van der Waals surface area (Å²) in [5, 5.41) is 9.64. The minimum absolute atomic E-state index is 0.0532. The maximum Gasteiger partial charge on any atom is 0.362 e. The van der Waals surface area contributed by atoms with Crippen molar-refractivity contribution in [3.05, 3.63) is 24.3 Å². The largest absolute Gasteiger partial charge is 0.477 e. The molecule has 2 atom stereocenters. The number of hydrogen-bond donors (Lipinski definition) is 1. The van der Waals surface area contributed by atoms with Gasteiger partial charge in [-0.3, -0.25) is 9.59 Å². The highest BCUT2D eigenvalue weighted by molar-refractivity contribution is 5.72. The van der Waals surface area contributed by atoms with E-state index in [1.807, 2.05) is 21.1 Å². The molecule has 1 N–H and O–H groups in total. The van der Waals surface area contributed by atoms with Gasteiger partial charge in [-0.15, -0.1) is 0 Å². The van der Waals surface area contributed by atoms with Gasteiger partial charge in [-0.2, -0.15) is 0 Å². The van der Waals surface area contributed by atoms with E-state index in [4.69, 9.17) is 14.2 Å². The predicted molar refractivity (Wildman–Crippen MR) is 252 cm³/mol. The first-order chi connectivity index (χ1) is 29.1. The predicted octanol–water partition coefficient (Wildman–Crippen LogP) is 14.4. The molecule has 0 saturated carbocycles. The van der Waals surface area contributed by atoms with Gasteiger partial charge in [-0.1, -0.05) is 179 Å². The average Bonchev–Trinajstić information content (AvgIpc) is 3.21. The van der Waals surface area contributed by atoms with Crippen molar-refractivity contribution in [2.24, 2.45) is 0 Å². The Morgan fingerprint density at radius 2 is 0.833 bits per heavy atom. The topological polar surface area (TPSA) is 99.1 Å². The number of hydrogen-bond acceptors (Lipinski definition) is 6. The highest BCUT2D eigenvalue weighted by Crippen LogP contribution is 2.15. The third-order valence-electron chi connectivity index (χ3n) is 11.6. The molecule has 0 heterocycles. The van der Waals surface area contributed by atoms with Crippen LogP contribution in [-0.4, -0.2) is 80.6 Å². The van der Waals surface area contributed by atoms with E-state index in [9.17, 15) is 19.5 Å². The highest BCUT2D eigenvalue weighted by Gasteiger charge is 2.31. The summed E-state index contributed by atoms with van der Waals surface area (Å²) < 4.78 is 17.3. The normalized spacial score (nSPS) is 13.0. The van der Waals surface area contributed by atoms with Crippen molar-refractivity contribution in [1.29, 1.82) is 0 Å². The quantitative estimate of drug-likeness (QED) is 0.0282. The van der Waals surface area contributed by atoms with E-state index in [-0.39, 0.29) is 36.2 Å². The van der Waals surface area contributed by atoms with E-state index in [2.05, 4.69) is 38.2 Å². The molecule has 8 nitrogen and oxygen atoms in total. The first-order valence-electron chi connectivity index (χ1n) is 25.4. The van der Waals surface area contributed by atoms with E-state index < -0.39 is 18.1 Å². The lowest BCUT2D eigenvalue weighted by Crippen LogP contribution is -2.50. The van der Waals surface area contributed by atoms with Crippen LogP contribution in [0.1, 0.15) is 239 Å². The third-order valence-corrected chi connectivity index (χ3v) is 11.6. The molecule has 0 radical (unpaired) electrons. The number of ether oxygens (including phenoxy) is 3. The Balaban J connectivity index is 4.25. The van der Waals surface area contributed by atoms with E-state index >= 15 is 0 Å². The molecule has 0 aliphatic heterocycles. The minimum atomic E-state index is -0.874. The lowest BCUT2D eigenvalue weighted by Gasteiger charge is -2.31. The van der Waals surface area contributed by atoms with Crippen LogP contribution in [0.25, 0.3) is 0 Å². The molecular formula is C52H98NO7+. The first-order valence-corrected chi connectivity index (χ1v) is 25.4. The molecule has 0 amide bonds. The SMILES string of the molecule is CCCCCCCCC/C=C/CCCCCCCC(=O)OC(COCCC(C(=O)O)[N+](C)(C)C)COC(=O)CCCCCCCCC/C=C/CCCCCCCCCCC. The maximum atomic E-state index is 12.8. The van der Waals surface area contributed by atoms with Crippen LogP contribution in [0.2, 0.25) is 0 Å². The lowest BCUT2D eigenvalue weighted by molar-refractivity contribution is -0.887. The van der Waals surface area contributed by atoms with E-state index in [0.717, 1.165) is 51.4 Å². The summed E-state index contributed by atoms with van der Waals surface area (Å²) >= 11 is 0. The fourth-order valence-corrected chi connectivity index (χ4v) is 7.61. The van der Waals surface area contributed by atoms with Crippen molar-refractivity contribution < 1.29 is 38.2 Å². The van der Waals surface area contributed by atoms with Crippen molar-refractivity contribution in [2.45, 2.75) is 251 Å². The summed E-state index contributed by atoms with van der Waals surface area (Å²) in [4.78, 5) is 37.1. The molecule has 0 aliphatic rings. The number of carbonyl (C=O) groups excluding carboxylic acids is 2. The molecule has 352 valence electrons. The molecule has 0 aromatic carbocycles. The van der Waals surface area contributed by atoms with Crippen molar-refractivity contribution in [3.8, 4) is 0 Å². The zero-order valence-corrected chi connectivity index (χ0v) is 40.2. The monoisotopic (exact) mass is 849 g/mol. The summed E-state index contributed by atoms with van der Waals surface area (Å²) in [6.07, 6.45) is 49.4. The van der Waals surface area contributed by atoms with Crippen LogP contribution < -0.4 is 0 Å². The molecule has 0 aliphatic carbocycles. The van der Waals surface area contributed by atoms with Gasteiger partial charge in [0, 0.05) is 19.3 Å². The second-order valence-corrected chi connectivity index (χ2v) is 18.4. The summed E-state index contributed by atoms with van der Waals surface area (Å²) in [7, 11) is 5.54. The van der Waals surface area contributed by atoms with Crippen LogP contribution in [0, 0.1) is 0 Å². The number of carboxylic acids is 1. The van der Waals surface area contributed by atoms with Gasteiger partial charge in [0.1, 0.15) is 6.61 Å². The van der Waals surface area contributed by atoms with Crippen molar-refractivity contribution in [1.82, 2.24) is 0 Å². The standard InChI is InChI=1S/C52H97NO7/c1-6-8-10-12-14-16-18-20-22-24-25-26-27-29-30-32-34-36-38-40-42-50(54)59-47-48(46-58-45-44-49(52(56)57)53(3,4)5)60-51(55)43-41-39-37-35-33-31-28-23-21-19-17-15-13-11-9-7-2/h23,25-26,28,48-49H,6-22,24,27,29-47H2,1-5H3/p+1/b26-25+,28-23+. The number of rotatable bonds is 46. The number of likely N-dealkylation sites (N-methyl/N-ethyl adjacent to an activating group) is 1. The molecule has 0 aromatic heterocycles. The minimum Gasteiger partial charge on any atom is -0.477 e. The third kappa shape index (κ3) is 41.2. The number of allylic oxidation sites excluding steroid dienone is 4. The molecule has 0 rings (SSSR count). The van der Waals surface area contributed by atoms with E-state index in [1.165, 1.54) is 154 Å². The second-order valence-electron chi connectivity index (χ2n) is 18.4. The number of aliphatic carboxylic acids is 1. The summed E-state index contributed by atoms with van der Waals surface area (Å²) in [6.45, 7) is 4.75. The van der Waals surface area contributed by atoms with Crippen molar-refractivity contribution >= 4 is 17.9 Å². The Morgan fingerprint density at radius 1 is 0.483 bits per heavy atom.